The van der Waals surface area contributed by atoms with E-state index in [1.807, 2.05) is 22.7 Å². The molecule has 3 heterocycles. The summed E-state index contributed by atoms with van der Waals surface area (Å²) in [7, 11) is 0. The molecule has 0 saturated carbocycles. The zero-order chi connectivity index (χ0) is 16.8. The van der Waals surface area contributed by atoms with Crippen LogP contribution in [0, 0.1) is 0 Å². The SMILES string of the molecule is [CH3][Sn]([CH3])([CH3])[c]1ccc(-c2ccc(-c3cc[c]([Sn]([CH3])([CH3])[CH3])s3)o2)s1. The van der Waals surface area contributed by atoms with Gasteiger partial charge in [0.05, 0.1) is 0 Å². The van der Waals surface area contributed by atoms with E-state index >= 15 is 0 Å². The van der Waals surface area contributed by atoms with Gasteiger partial charge >= 0.3 is 157 Å². The summed E-state index contributed by atoms with van der Waals surface area (Å²) in [6.07, 6.45) is 0. The molecule has 0 aliphatic carbocycles. The predicted octanol–water partition coefficient (Wildman–Crippen LogP) is 5.83. The Kier molecular flexibility index (Phi) is 5.14. The van der Waals surface area contributed by atoms with Gasteiger partial charge in [0.25, 0.3) is 0 Å². The van der Waals surface area contributed by atoms with Crippen LogP contribution in [0.3, 0.4) is 0 Å². The van der Waals surface area contributed by atoms with Gasteiger partial charge in [0, 0.05) is 0 Å². The van der Waals surface area contributed by atoms with Crippen molar-refractivity contribution in [3.05, 3.63) is 36.4 Å². The minimum atomic E-state index is -1.97. The van der Waals surface area contributed by atoms with Crippen LogP contribution < -0.4 is 5.79 Å². The molecule has 1 nitrogen and oxygen atoms in total. The van der Waals surface area contributed by atoms with Crippen molar-refractivity contribution in [2.45, 2.75) is 29.6 Å². The number of hydrogen-bond donors (Lipinski definition) is 0. The van der Waals surface area contributed by atoms with E-state index in [9.17, 15) is 0 Å². The summed E-state index contributed by atoms with van der Waals surface area (Å²) in [6, 6.07) is 13.4. The fourth-order valence-electron chi connectivity index (χ4n) is 2.35. The molecule has 0 fully saturated rings. The summed E-state index contributed by atoms with van der Waals surface area (Å²) < 4.78 is 9.38. The maximum absolute atomic E-state index is 6.18. The van der Waals surface area contributed by atoms with Crippen LogP contribution >= 0.6 is 22.7 Å². The summed E-state index contributed by atoms with van der Waals surface area (Å²) >= 11 is -0.0839. The maximum atomic E-state index is 6.18. The number of hydrogen-bond acceptors (Lipinski definition) is 3. The molecule has 5 heteroatoms. The van der Waals surface area contributed by atoms with E-state index in [1.54, 1.807) is 5.79 Å². The minimum absolute atomic E-state index is 1.01. The predicted molar refractivity (Wildman–Crippen MR) is 111 cm³/mol. The zero-order valence-corrected chi connectivity index (χ0v) is 22.0. The van der Waals surface area contributed by atoms with Gasteiger partial charge in [0.1, 0.15) is 0 Å². The number of thiophene rings is 2. The van der Waals surface area contributed by atoms with Crippen LogP contribution in [0.4, 0.5) is 0 Å². The molecule has 0 aromatic carbocycles. The van der Waals surface area contributed by atoms with Gasteiger partial charge in [-0.05, 0) is 0 Å². The van der Waals surface area contributed by atoms with E-state index in [2.05, 4.69) is 66.0 Å². The van der Waals surface area contributed by atoms with E-state index in [0.29, 0.717) is 0 Å². The summed E-state index contributed by atoms with van der Waals surface area (Å²) in [5.41, 5.74) is 0. The molecule has 23 heavy (non-hydrogen) atoms. The van der Waals surface area contributed by atoms with Crippen molar-refractivity contribution in [3.63, 3.8) is 0 Å². The third-order valence-electron chi connectivity index (χ3n) is 3.78. The second kappa shape index (κ2) is 6.54. The van der Waals surface area contributed by atoms with Gasteiger partial charge in [0.15, 0.2) is 0 Å². The fourth-order valence-corrected chi connectivity index (χ4v) is 14.9. The van der Waals surface area contributed by atoms with Gasteiger partial charge in [-0.3, -0.25) is 0 Å². The van der Waals surface area contributed by atoms with Crippen LogP contribution in [0.15, 0.2) is 40.8 Å². The van der Waals surface area contributed by atoms with Crippen LogP contribution in [-0.4, -0.2) is 36.8 Å². The second-order valence-corrected chi connectivity index (χ2v) is 41.0. The second-order valence-electron chi connectivity index (χ2n) is 7.99. The summed E-state index contributed by atoms with van der Waals surface area (Å²) in [4.78, 5) is 17.3. The van der Waals surface area contributed by atoms with Crippen LogP contribution in [0.1, 0.15) is 0 Å². The van der Waals surface area contributed by atoms with Gasteiger partial charge in [-0.15, -0.1) is 0 Å². The molecule has 3 rings (SSSR count). The topological polar surface area (TPSA) is 13.1 Å². The molecule has 0 N–H and O–H groups in total. The Morgan fingerprint density at radius 1 is 0.609 bits per heavy atom. The Morgan fingerprint density at radius 2 is 1.00 bits per heavy atom. The monoisotopic (exact) mass is 560 g/mol. The molecule has 0 atom stereocenters. The molecule has 3 aromatic heterocycles. The van der Waals surface area contributed by atoms with Crippen molar-refractivity contribution in [2.75, 3.05) is 0 Å². The average Bonchev–Trinajstić information content (AvgIpc) is 3.17. The summed E-state index contributed by atoms with van der Waals surface area (Å²) in [6.45, 7) is 0. The standard InChI is InChI=1S/C12H6OS2.6CH3.2Sn/c1-3-11(14-7-1)9-5-6-10(13-9)12-4-2-8-15-12;;;;;;;;/h1-6H;6*1H3;;. The van der Waals surface area contributed by atoms with E-state index in [4.69, 9.17) is 4.42 Å². The molecule has 3 aromatic rings. The van der Waals surface area contributed by atoms with Gasteiger partial charge in [-0.25, -0.2) is 0 Å². The molecule has 0 spiro atoms. The van der Waals surface area contributed by atoms with Crippen molar-refractivity contribution in [2.24, 2.45) is 0 Å². The zero-order valence-electron chi connectivity index (χ0n) is 14.7. The number of furan rings is 1. The van der Waals surface area contributed by atoms with Crippen LogP contribution in [0.25, 0.3) is 21.3 Å². The quantitative estimate of drug-likeness (QED) is 0.368. The third-order valence-corrected chi connectivity index (χ3v) is 25.0. The molecule has 0 saturated heterocycles. The molecule has 122 valence electrons. The van der Waals surface area contributed by atoms with Crippen molar-refractivity contribution in [1.29, 1.82) is 0 Å². The van der Waals surface area contributed by atoms with Gasteiger partial charge in [0.2, 0.25) is 0 Å². The Labute approximate surface area is 155 Å². The van der Waals surface area contributed by atoms with Gasteiger partial charge < -0.3 is 0 Å². The first-order valence-electron chi connectivity index (χ1n) is 7.96. The van der Waals surface area contributed by atoms with Crippen molar-refractivity contribution in [3.8, 4) is 21.3 Å². The van der Waals surface area contributed by atoms with Crippen molar-refractivity contribution >= 4 is 65.2 Å². The molecular formula is C18H24OS2Sn2. The van der Waals surface area contributed by atoms with Crippen molar-refractivity contribution in [1.82, 2.24) is 0 Å². The normalized spacial score (nSPS) is 12.8. The Hall–Kier alpha value is 0.277. The third kappa shape index (κ3) is 4.10. The first-order chi connectivity index (χ1) is 10.6. The number of rotatable bonds is 4. The molecule has 0 aliphatic heterocycles. The first-order valence-corrected chi connectivity index (χ1v) is 29.6. The van der Waals surface area contributed by atoms with Gasteiger partial charge in [-0.1, -0.05) is 0 Å². The van der Waals surface area contributed by atoms with E-state index < -0.39 is 36.8 Å². The van der Waals surface area contributed by atoms with E-state index in [0.717, 1.165) is 11.5 Å². The summed E-state index contributed by atoms with van der Waals surface area (Å²) in [5, 5.41) is 0. The first kappa shape index (κ1) is 18.1. The summed E-state index contributed by atoms with van der Waals surface area (Å²) in [5.74, 6) is 2.03. The Balaban J connectivity index is 1.89. The molecule has 0 amide bonds. The van der Waals surface area contributed by atoms with Crippen LogP contribution in [-0.2, 0) is 0 Å². The molecule has 0 unspecified atom stereocenters. The van der Waals surface area contributed by atoms with E-state index in [-0.39, 0.29) is 0 Å². The van der Waals surface area contributed by atoms with E-state index in [1.165, 1.54) is 9.75 Å². The molecule has 0 bridgehead atoms. The Bertz CT molecular complexity index is 746. The van der Waals surface area contributed by atoms with Gasteiger partial charge in [-0.2, -0.15) is 0 Å². The molecule has 0 aliphatic rings. The molecular weight excluding hydrogens is 534 g/mol. The average molecular weight is 558 g/mol. The van der Waals surface area contributed by atoms with Crippen molar-refractivity contribution < 1.29 is 4.42 Å². The Morgan fingerprint density at radius 3 is 1.30 bits per heavy atom. The van der Waals surface area contributed by atoms with Crippen LogP contribution in [0.2, 0.25) is 29.6 Å². The molecule has 0 radical (unpaired) electrons. The van der Waals surface area contributed by atoms with Crippen LogP contribution in [0.5, 0.6) is 0 Å². The fraction of sp³-hybridized carbons (Fsp3) is 0.333.